The Morgan fingerprint density at radius 1 is 1.24 bits per heavy atom. The van der Waals surface area contributed by atoms with E-state index in [0.717, 1.165) is 22.4 Å². The third kappa shape index (κ3) is 3.93. The molecule has 3 rings (SSSR count). The van der Waals surface area contributed by atoms with Gasteiger partial charge >= 0.3 is 0 Å². The maximum absolute atomic E-state index is 13.2. The van der Waals surface area contributed by atoms with Crippen LogP contribution in [-0.2, 0) is 0 Å². The smallest absolute Gasteiger partial charge is 0.266 e. The number of aryl methyl sites for hydroxylation is 1. The summed E-state index contributed by atoms with van der Waals surface area (Å²) < 4.78 is 1.82. The number of amides is 1. The van der Waals surface area contributed by atoms with E-state index in [9.17, 15) is 9.59 Å². The normalized spacial score (nSPS) is 10.9. The molecule has 3 aromatic rings. The minimum Gasteiger partial charge on any atom is -0.335 e. The summed E-state index contributed by atoms with van der Waals surface area (Å²) in [6.45, 7) is 12.8. The molecule has 29 heavy (non-hydrogen) atoms. The summed E-state index contributed by atoms with van der Waals surface area (Å²) in [4.78, 5) is 30.9. The first-order valence-electron chi connectivity index (χ1n) is 9.54. The summed E-state index contributed by atoms with van der Waals surface area (Å²) in [5, 5.41) is 0.485. The van der Waals surface area contributed by atoms with Crippen LogP contribution in [0.4, 0.5) is 0 Å². The van der Waals surface area contributed by atoms with Crippen LogP contribution in [0.3, 0.4) is 0 Å². The van der Waals surface area contributed by atoms with E-state index in [1.54, 1.807) is 23.1 Å². The zero-order chi connectivity index (χ0) is 21.3. The molecule has 0 unspecified atom stereocenters. The Labute approximate surface area is 175 Å². The maximum atomic E-state index is 13.2. The first-order chi connectivity index (χ1) is 13.7. The van der Waals surface area contributed by atoms with Gasteiger partial charge in [0, 0.05) is 18.7 Å². The minimum atomic E-state index is -0.203. The SMILES string of the molecule is C=C(C)CN(CC)C(=O)c1ccc2c(=O)n(-c3cccc(C)c3C)c(=S)[nH]c2c1. The quantitative estimate of drug-likeness (QED) is 0.492. The van der Waals surface area contributed by atoms with Crippen LogP contribution in [0.25, 0.3) is 16.6 Å². The van der Waals surface area contributed by atoms with Crippen LogP contribution in [0.5, 0.6) is 0 Å². The van der Waals surface area contributed by atoms with Crippen molar-refractivity contribution in [2.75, 3.05) is 13.1 Å². The second kappa shape index (κ2) is 8.17. The Kier molecular flexibility index (Phi) is 5.84. The van der Waals surface area contributed by atoms with Crippen molar-refractivity contribution in [3.63, 3.8) is 0 Å². The fourth-order valence-electron chi connectivity index (χ4n) is 3.38. The Morgan fingerprint density at radius 3 is 2.62 bits per heavy atom. The van der Waals surface area contributed by atoms with Crippen molar-refractivity contribution in [3.8, 4) is 5.69 Å². The largest absolute Gasteiger partial charge is 0.335 e. The van der Waals surface area contributed by atoms with Gasteiger partial charge in [0.25, 0.3) is 11.5 Å². The van der Waals surface area contributed by atoms with Crippen LogP contribution >= 0.6 is 12.2 Å². The monoisotopic (exact) mass is 407 g/mol. The second-order valence-corrected chi connectivity index (χ2v) is 7.71. The summed E-state index contributed by atoms with van der Waals surface area (Å²) in [5.41, 5.74) is 4.62. The number of aromatic nitrogens is 2. The standard InChI is InChI=1S/C23H25N3O2S/c1-6-25(13-14(2)3)21(27)17-10-11-18-19(12-17)24-23(29)26(22(18)28)20-9-7-8-15(4)16(20)5/h7-12H,2,6,13H2,1,3-5H3,(H,24,29). The van der Waals surface area contributed by atoms with E-state index in [4.69, 9.17) is 12.2 Å². The van der Waals surface area contributed by atoms with Crippen molar-refractivity contribution in [2.45, 2.75) is 27.7 Å². The van der Waals surface area contributed by atoms with Gasteiger partial charge in [0.2, 0.25) is 0 Å². The predicted octanol–water partition coefficient (Wildman–Crippen LogP) is 4.70. The maximum Gasteiger partial charge on any atom is 0.266 e. The minimum absolute atomic E-state index is 0.101. The number of likely N-dealkylation sites (N-methyl/N-ethyl adjacent to an activating group) is 1. The van der Waals surface area contributed by atoms with Crippen molar-refractivity contribution in [1.82, 2.24) is 14.5 Å². The van der Waals surface area contributed by atoms with Crippen molar-refractivity contribution >= 4 is 29.0 Å². The number of aromatic amines is 1. The Morgan fingerprint density at radius 2 is 1.97 bits per heavy atom. The third-order valence-electron chi connectivity index (χ3n) is 5.09. The molecule has 0 aliphatic rings. The number of H-pyrrole nitrogens is 1. The molecule has 0 aliphatic heterocycles. The molecular weight excluding hydrogens is 382 g/mol. The number of fused-ring (bicyclic) bond motifs is 1. The lowest BCUT2D eigenvalue weighted by atomic mass is 10.1. The molecule has 6 heteroatoms. The molecule has 0 fully saturated rings. The van der Waals surface area contributed by atoms with E-state index in [1.807, 2.05) is 45.9 Å². The average molecular weight is 408 g/mol. The Bertz CT molecular complexity index is 1240. The molecule has 0 aliphatic carbocycles. The molecule has 0 atom stereocenters. The van der Waals surface area contributed by atoms with Crippen LogP contribution in [0.15, 0.2) is 53.3 Å². The highest BCUT2D eigenvalue weighted by Crippen LogP contribution is 2.19. The lowest BCUT2D eigenvalue weighted by Gasteiger charge is -2.21. The van der Waals surface area contributed by atoms with Gasteiger partial charge in [-0.2, -0.15) is 0 Å². The molecule has 1 N–H and O–H groups in total. The van der Waals surface area contributed by atoms with Crippen molar-refractivity contribution in [2.24, 2.45) is 0 Å². The van der Waals surface area contributed by atoms with E-state index < -0.39 is 0 Å². The number of hydrogen-bond donors (Lipinski definition) is 1. The fraction of sp³-hybridized carbons (Fsp3) is 0.261. The summed E-state index contributed by atoms with van der Waals surface area (Å²) in [7, 11) is 0. The van der Waals surface area contributed by atoms with Gasteiger partial charge in [0.05, 0.1) is 16.6 Å². The molecule has 1 heterocycles. The summed E-state index contributed by atoms with van der Waals surface area (Å²) in [6, 6.07) is 10.9. The van der Waals surface area contributed by atoms with E-state index in [-0.39, 0.29) is 11.5 Å². The molecule has 2 aromatic carbocycles. The molecule has 0 radical (unpaired) electrons. The van der Waals surface area contributed by atoms with E-state index in [0.29, 0.717) is 34.3 Å². The van der Waals surface area contributed by atoms with E-state index in [1.165, 1.54) is 4.57 Å². The molecule has 0 spiro atoms. The molecule has 0 saturated carbocycles. The molecule has 0 saturated heterocycles. The lowest BCUT2D eigenvalue weighted by molar-refractivity contribution is 0.0778. The van der Waals surface area contributed by atoms with Crippen molar-refractivity contribution in [1.29, 1.82) is 0 Å². The molecule has 0 bridgehead atoms. The first kappa shape index (κ1) is 20.7. The number of carbonyl (C=O) groups is 1. The van der Waals surface area contributed by atoms with Gasteiger partial charge in [-0.3, -0.25) is 14.2 Å². The van der Waals surface area contributed by atoms with Gasteiger partial charge in [-0.1, -0.05) is 24.3 Å². The fourth-order valence-corrected chi connectivity index (χ4v) is 3.67. The number of nitrogens with zero attached hydrogens (tertiary/aromatic N) is 2. The molecular formula is C23H25N3O2S. The molecule has 150 valence electrons. The molecule has 5 nitrogen and oxygen atoms in total. The van der Waals surface area contributed by atoms with Crippen LogP contribution in [0.1, 0.15) is 35.3 Å². The van der Waals surface area contributed by atoms with Gasteiger partial charge in [-0.05, 0) is 75.3 Å². The number of carbonyl (C=O) groups excluding carboxylic acids is 1. The molecule has 1 amide bonds. The van der Waals surface area contributed by atoms with Crippen LogP contribution in [0.2, 0.25) is 0 Å². The van der Waals surface area contributed by atoms with Crippen molar-refractivity contribution < 1.29 is 4.79 Å². The number of benzene rings is 2. The van der Waals surface area contributed by atoms with E-state index >= 15 is 0 Å². The van der Waals surface area contributed by atoms with Crippen LogP contribution < -0.4 is 5.56 Å². The summed E-state index contributed by atoms with van der Waals surface area (Å²) in [5.74, 6) is -0.101. The van der Waals surface area contributed by atoms with Gasteiger partial charge in [-0.25, -0.2) is 0 Å². The van der Waals surface area contributed by atoms with Gasteiger partial charge in [0.15, 0.2) is 4.77 Å². The zero-order valence-corrected chi connectivity index (χ0v) is 18.0. The zero-order valence-electron chi connectivity index (χ0n) is 17.2. The van der Waals surface area contributed by atoms with Crippen LogP contribution in [-0.4, -0.2) is 33.4 Å². The van der Waals surface area contributed by atoms with Gasteiger partial charge in [0.1, 0.15) is 0 Å². The first-order valence-corrected chi connectivity index (χ1v) is 9.94. The summed E-state index contributed by atoms with van der Waals surface area (Å²) >= 11 is 5.49. The Balaban J connectivity index is 2.15. The van der Waals surface area contributed by atoms with Gasteiger partial charge < -0.3 is 9.88 Å². The lowest BCUT2D eigenvalue weighted by Crippen LogP contribution is -2.32. The summed E-state index contributed by atoms with van der Waals surface area (Å²) in [6.07, 6.45) is 0. The predicted molar refractivity (Wildman–Crippen MR) is 121 cm³/mol. The second-order valence-electron chi connectivity index (χ2n) is 7.33. The highest BCUT2D eigenvalue weighted by Gasteiger charge is 2.16. The van der Waals surface area contributed by atoms with Crippen LogP contribution in [0, 0.1) is 18.6 Å². The number of hydrogen-bond acceptors (Lipinski definition) is 3. The highest BCUT2D eigenvalue weighted by molar-refractivity contribution is 7.71. The number of nitrogens with one attached hydrogen (secondary N) is 1. The van der Waals surface area contributed by atoms with Crippen molar-refractivity contribution in [3.05, 3.63) is 80.4 Å². The van der Waals surface area contributed by atoms with E-state index in [2.05, 4.69) is 11.6 Å². The average Bonchev–Trinajstić information content (AvgIpc) is 2.68. The Hall–Kier alpha value is -2.99. The number of rotatable bonds is 5. The third-order valence-corrected chi connectivity index (χ3v) is 5.38. The highest BCUT2D eigenvalue weighted by atomic mass is 32.1. The molecule has 1 aromatic heterocycles. The topological polar surface area (TPSA) is 58.1 Å². The van der Waals surface area contributed by atoms with Gasteiger partial charge in [-0.15, -0.1) is 0 Å².